The van der Waals surface area contributed by atoms with Crippen molar-refractivity contribution in [3.05, 3.63) is 35.1 Å². The molecule has 0 unspecified atom stereocenters. The Morgan fingerprint density at radius 1 is 1.37 bits per heavy atom. The predicted octanol–water partition coefficient (Wildman–Crippen LogP) is 3.72. The molecule has 0 saturated carbocycles. The van der Waals surface area contributed by atoms with Gasteiger partial charge in [0, 0.05) is 5.56 Å². The minimum Gasteiger partial charge on any atom is -0.494 e. The highest BCUT2D eigenvalue weighted by atomic mass is 35.5. The lowest BCUT2D eigenvalue weighted by Crippen LogP contribution is -1.96. The van der Waals surface area contributed by atoms with Crippen molar-refractivity contribution in [2.45, 2.75) is 19.8 Å². The summed E-state index contributed by atoms with van der Waals surface area (Å²) in [4.78, 5) is 17.7. The molecule has 100 valence electrons. The lowest BCUT2D eigenvalue weighted by molar-refractivity contribution is 0.111. The van der Waals surface area contributed by atoms with Gasteiger partial charge in [-0.25, -0.2) is 4.98 Å². The van der Waals surface area contributed by atoms with Gasteiger partial charge in [0.2, 0.25) is 0 Å². The Morgan fingerprint density at radius 2 is 2.11 bits per heavy atom. The molecule has 5 heteroatoms. The maximum Gasteiger partial charge on any atom is 0.171 e. The van der Waals surface area contributed by atoms with Crippen LogP contribution < -0.4 is 4.74 Å². The highest BCUT2D eigenvalue weighted by Gasteiger charge is 2.09. The zero-order valence-electron chi connectivity index (χ0n) is 10.6. The number of carbonyl (C=O) groups is 1. The Hall–Kier alpha value is -1.81. The van der Waals surface area contributed by atoms with Gasteiger partial charge in [-0.15, -0.1) is 0 Å². The summed E-state index contributed by atoms with van der Waals surface area (Å²) in [7, 11) is 0. The van der Waals surface area contributed by atoms with Gasteiger partial charge in [0.25, 0.3) is 0 Å². The van der Waals surface area contributed by atoms with Crippen molar-refractivity contribution in [1.29, 1.82) is 0 Å². The minimum atomic E-state index is 0.222. The van der Waals surface area contributed by atoms with E-state index in [2.05, 4.69) is 16.9 Å². The molecule has 0 amide bonds. The van der Waals surface area contributed by atoms with E-state index in [1.165, 1.54) is 0 Å². The normalized spacial score (nSPS) is 10.4. The summed E-state index contributed by atoms with van der Waals surface area (Å²) in [5.74, 6) is 1.40. The number of H-pyrrole nitrogens is 1. The maximum atomic E-state index is 10.7. The molecule has 0 aliphatic rings. The lowest BCUT2D eigenvalue weighted by atomic mass is 10.2. The zero-order valence-corrected chi connectivity index (χ0v) is 11.4. The van der Waals surface area contributed by atoms with E-state index in [4.69, 9.17) is 16.3 Å². The number of aromatic amines is 1. The Bertz CT molecular complexity index is 549. The molecule has 0 bridgehead atoms. The number of benzene rings is 1. The lowest BCUT2D eigenvalue weighted by Gasteiger charge is -2.05. The van der Waals surface area contributed by atoms with Crippen molar-refractivity contribution in [1.82, 2.24) is 9.97 Å². The average Bonchev–Trinajstić information content (AvgIpc) is 2.81. The second-order valence-corrected chi connectivity index (χ2v) is 4.51. The van der Waals surface area contributed by atoms with E-state index in [1.54, 1.807) is 0 Å². The SMILES string of the molecule is CCCCOc1ccc(-c2nc(C=O)c(Cl)[nH]2)cc1. The fraction of sp³-hybridized carbons (Fsp3) is 0.286. The number of aldehydes is 1. The van der Waals surface area contributed by atoms with Crippen molar-refractivity contribution in [3.8, 4) is 17.1 Å². The number of nitrogens with one attached hydrogen (secondary N) is 1. The molecule has 2 aromatic rings. The van der Waals surface area contributed by atoms with E-state index in [9.17, 15) is 4.79 Å². The van der Waals surface area contributed by atoms with Gasteiger partial charge in [0.15, 0.2) is 6.29 Å². The van der Waals surface area contributed by atoms with Crippen LogP contribution in [0.4, 0.5) is 0 Å². The highest BCUT2D eigenvalue weighted by molar-refractivity contribution is 6.31. The van der Waals surface area contributed by atoms with E-state index in [0.29, 0.717) is 12.1 Å². The Labute approximate surface area is 116 Å². The first-order valence-electron chi connectivity index (χ1n) is 6.18. The van der Waals surface area contributed by atoms with Crippen molar-refractivity contribution < 1.29 is 9.53 Å². The Kier molecular flexibility index (Phi) is 4.58. The summed E-state index contributed by atoms with van der Waals surface area (Å²) in [6, 6.07) is 7.51. The van der Waals surface area contributed by atoms with Crippen LogP contribution in [0.25, 0.3) is 11.4 Å². The van der Waals surface area contributed by atoms with Gasteiger partial charge in [-0.1, -0.05) is 24.9 Å². The molecule has 1 aromatic carbocycles. The standard InChI is InChI=1S/C14H15ClN2O2/c1-2-3-8-19-11-6-4-10(5-7-11)14-16-12(9-18)13(15)17-14/h4-7,9H,2-3,8H2,1H3,(H,16,17). The first-order valence-corrected chi connectivity index (χ1v) is 6.56. The number of imidazole rings is 1. The molecule has 19 heavy (non-hydrogen) atoms. The largest absolute Gasteiger partial charge is 0.494 e. The number of carbonyl (C=O) groups excluding carboxylic acids is 1. The molecule has 0 fully saturated rings. The van der Waals surface area contributed by atoms with Crippen LogP contribution in [0, 0.1) is 0 Å². The number of hydrogen-bond acceptors (Lipinski definition) is 3. The van der Waals surface area contributed by atoms with E-state index >= 15 is 0 Å². The molecule has 2 rings (SSSR count). The molecule has 0 aliphatic carbocycles. The second kappa shape index (κ2) is 6.38. The van der Waals surface area contributed by atoms with Crippen LogP contribution >= 0.6 is 11.6 Å². The van der Waals surface area contributed by atoms with E-state index in [1.807, 2.05) is 24.3 Å². The van der Waals surface area contributed by atoms with Crippen LogP contribution in [0.1, 0.15) is 30.3 Å². The second-order valence-electron chi connectivity index (χ2n) is 4.13. The van der Waals surface area contributed by atoms with Crippen LogP contribution in [-0.2, 0) is 0 Å². The third-order valence-electron chi connectivity index (χ3n) is 2.69. The van der Waals surface area contributed by atoms with Crippen LogP contribution in [0.2, 0.25) is 5.15 Å². The summed E-state index contributed by atoms with van der Waals surface area (Å²) in [5, 5.41) is 0.258. The van der Waals surface area contributed by atoms with Crippen molar-refractivity contribution in [2.75, 3.05) is 6.61 Å². The van der Waals surface area contributed by atoms with Crippen LogP contribution in [0.15, 0.2) is 24.3 Å². The number of ether oxygens (including phenoxy) is 1. The predicted molar refractivity (Wildman–Crippen MR) is 74.8 cm³/mol. The van der Waals surface area contributed by atoms with Gasteiger partial charge in [-0.2, -0.15) is 0 Å². The number of rotatable bonds is 6. The van der Waals surface area contributed by atoms with Gasteiger partial charge in [0.05, 0.1) is 6.61 Å². The number of unbranched alkanes of at least 4 members (excludes halogenated alkanes) is 1. The molecular weight excluding hydrogens is 264 g/mol. The van der Waals surface area contributed by atoms with Gasteiger partial charge in [-0.3, -0.25) is 4.79 Å². The molecule has 1 aromatic heterocycles. The maximum absolute atomic E-state index is 10.7. The molecular formula is C14H15ClN2O2. The van der Waals surface area contributed by atoms with E-state index in [-0.39, 0.29) is 10.8 Å². The fourth-order valence-corrected chi connectivity index (χ4v) is 1.80. The van der Waals surface area contributed by atoms with E-state index in [0.717, 1.165) is 30.8 Å². The van der Waals surface area contributed by atoms with Gasteiger partial charge < -0.3 is 9.72 Å². The summed E-state index contributed by atoms with van der Waals surface area (Å²) in [6.45, 7) is 2.84. The summed E-state index contributed by atoms with van der Waals surface area (Å²) >= 11 is 5.84. The molecule has 4 nitrogen and oxygen atoms in total. The first-order chi connectivity index (χ1) is 9.24. The monoisotopic (exact) mass is 278 g/mol. The quantitative estimate of drug-likeness (QED) is 0.647. The first kappa shape index (κ1) is 13.6. The topological polar surface area (TPSA) is 55.0 Å². The number of nitrogens with zero attached hydrogens (tertiary/aromatic N) is 1. The van der Waals surface area contributed by atoms with Crippen LogP contribution in [0.5, 0.6) is 5.75 Å². The summed E-state index contributed by atoms with van der Waals surface area (Å²) < 4.78 is 5.57. The molecule has 0 aliphatic heterocycles. The molecule has 0 radical (unpaired) electrons. The van der Waals surface area contributed by atoms with E-state index < -0.39 is 0 Å². The Balaban J connectivity index is 2.10. The van der Waals surface area contributed by atoms with Crippen LogP contribution in [0.3, 0.4) is 0 Å². The van der Waals surface area contributed by atoms with Crippen molar-refractivity contribution in [2.24, 2.45) is 0 Å². The smallest absolute Gasteiger partial charge is 0.171 e. The van der Waals surface area contributed by atoms with Gasteiger partial charge >= 0.3 is 0 Å². The third-order valence-corrected chi connectivity index (χ3v) is 2.98. The third kappa shape index (κ3) is 3.35. The summed E-state index contributed by atoms with van der Waals surface area (Å²) in [6.07, 6.45) is 2.78. The Morgan fingerprint density at radius 3 is 2.68 bits per heavy atom. The number of aromatic nitrogens is 2. The summed E-state index contributed by atoms with van der Waals surface area (Å²) in [5.41, 5.74) is 1.08. The van der Waals surface area contributed by atoms with Gasteiger partial charge in [-0.05, 0) is 30.7 Å². The van der Waals surface area contributed by atoms with Crippen LogP contribution in [-0.4, -0.2) is 22.9 Å². The zero-order chi connectivity index (χ0) is 13.7. The molecule has 0 saturated heterocycles. The molecule has 0 spiro atoms. The minimum absolute atomic E-state index is 0.222. The molecule has 0 atom stereocenters. The number of hydrogen-bond donors (Lipinski definition) is 1. The highest BCUT2D eigenvalue weighted by Crippen LogP contribution is 2.23. The van der Waals surface area contributed by atoms with Crippen molar-refractivity contribution in [3.63, 3.8) is 0 Å². The molecule has 1 N–H and O–H groups in total. The average molecular weight is 279 g/mol. The molecule has 1 heterocycles. The number of halogens is 1. The van der Waals surface area contributed by atoms with Crippen molar-refractivity contribution >= 4 is 17.9 Å². The van der Waals surface area contributed by atoms with Gasteiger partial charge in [0.1, 0.15) is 22.4 Å². The fourth-order valence-electron chi connectivity index (χ4n) is 1.62.